The van der Waals surface area contributed by atoms with Gasteiger partial charge in [-0.1, -0.05) is 26.7 Å². The van der Waals surface area contributed by atoms with E-state index in [0.717, 1.165) is 25.6 Å². The largest absolute Gasteiger partial charge is 0.333 e. The highest BCUT2D eigenvalue weighted by Gasteiger charge is 2.20. The quantitative estimate of drug-likeness (QED) is 0.766. The normalized spacial score (nSPS) is 15.9. The van der Waals surface area contributed by atoms with Crippen LogP contribution in [-0.4, -0.2) is 16.1 Å². The lowest BCUT2D eigenvalue weighted by Crippen LogP contribution is -2.20. The fourth-order valence-electron chi connectivity index (χ4n) is 1.91. The lowest BCUT2D eigenvalue weighted by atomic mass is 10.2. The zero-order valence-electron chi connectivity index (χ0n) is 10.4. The minimum absolute atomic E-state index is 0.711. The molecular formula is C13H23N3. The molecule has 0 radical (unpaired) electrons. The highest BCUT2D eigenvalue weighted by molar-refractivity contribution is 4.98. The van der Waals surface area contributed by atoms with Gasteiger partial charge in [0.25, 0.3) is 0 Å². The Balaban J connectivity index is 1.76. The van der Waals surface area contributed by atoms with E-state index in [-0.39, 0.29) is 0 Å². The summed E-state index contributed by atoms with van der Waals surface area (Å²) in [7, 11) is 0. The van der Waals surface area contributed by atoms with Gasteiger partial charge in [-0.25, -0.2) is 4.98 Å². The second-order valence-corrected chi connectivity index (χ2v) is 5.34. The van der Waals surface area contributed by atoms with Crippen LogP contribution in [0, 0.1) is 11.8 Å². The fraction of sp³-hybridized carbons (Fsp3) is 0.769. The van der Waals surface area contributed by atoms with Gasteiger partial charge < -0.3 is 9.88 Å². The van der Waals surface area contributed by atoms with Gasteiger partial charge in [-0.3, -0.25) is 0 Å². The molecule has 1 N–H and O–H groups in total. The maximum atomic E-state index is 4.24. The summed E-state index contributed by atoms with van der Waals surface area (Å²) in [6.45, 7) is 7.63. The van der Waals surface area contributed by atoms with Crippen LogP contribution < -0.4 is 5.32 Å². The van der Waals surface area contributed by atoms with Gasteiger partial charge in [0.2, 0.25) is 0 Å². The Morgan fingerprint density at radius 2 is 2.31 bits per heavy atom. The molecule has 1 aromatic rings. The number of rotatable bonds is 7. The first kappa shape index (κ1) is 11.6. The van der Waals surface area contributed by atoms with E-state index in [2.05, 4.69) is 28.7 Å². The number of imidazole rings is 1. The Bertz CT molecular complexity index is 313. The van der Waals surface area contributed by atoms with Crippen LogP contribution in [0.15, 0.2) is 12.5 Å². The summed E-state index contributed by atoms with van der Waals surface area (Å²) in [6, 6.07) is 0. The standard InChI is InChI=1S/C13H23N3/c1-11(2)7-14-8-13-9-15-10-16(13)6-5-12-3-4-12/h9-12,14H,3-8H2,1-2H3. The average molecular weight is 221 g/mol. The first-order chi connectivity index (χ1) is 7.75. The lowest BCUT2D eigenvalue weighted by molar-refractivity contribution is 0.522. The van der Waals surface area contributed by atoms with Crippen LogP contribution in [-0.2, 0) is 13.1 Å². The van der Waals surface area contributed by atoms with Gasteiger partial charge in [0.05, 0.1) is 12.0 Å². The van der Waals surface area contributed by atoms with Gasteiger partial charge in [-0.15, -0.1) is 0 Å². The van der Waals surface area contributed by atoms with Gasteiger partial charge in [-0.05, 0) is 24.8 Å². The molecule has 3 heteroatoms. The van der Waals surface area contributed by atoms with Crippen LogP contribution in [0.4, 0.5) is 0 Å². The topological polar surface area (TPSA) is 29.9 Å². The van der Waals surface area contributed by atoms with E-state index >= 15 is 0 Å². The summed E-state index contributed by atoms with van der Waals surface area (Å²) < 4.78 is 2.30. The first-order valence-electron chi connectivity index (χ1n) is 6.45. The van der Waals surface area contributed by atoms with Crippen molar-refractivity contribution < 1.29 is 0 Å². The first-order valence-corrected chi connectivity index (χ1v) is 6.45. The number of aryl methyl sites for hydroxylation is 1. The highest BCUT2D eigenvalue weighted by atomic mass is 15.1. The van der Waals surface area contributed by atoms with E-state index in [1.807, 2.05) is 12.5 Å². The Hall–Kier alpha value is -0.830. The third kappa shape index (κ3) is 3.63. The van der Waals surface area contributed by atoms with Crippen molar-refractivity contribution in [1.82, 2.24) is 14.9 Å². The summed E-state index contributed by atoms with van der Waals surface area (Å²) >= 11 is 0. The number of nitrogens with one attached hydrogen (secondary N) is 1. The Kier molecular flexibility index (Phi) is 3.99. The molecule has 0 atom stereocenters. The Morgan fingerprint density at radius 3 is 3.00 bits per heavy atom. The average Bonchev–Trinajstić information content (AvgIpc) is 2.96. The van der Waals surface area contributed by atoms with Crippen molar-refractivity contribution in [1.29, 1.82) is 0 Å². The number of aromatic nitrogens is 2. The summed E-state index contributed by atoms with van der Waals surface area (Å²) in [5.74, 6) is 1.71. The molecule has 0 saturated heterocycles. The van der Waals surface area contributed by atoms with Crippen LogP contribution in [0.2, 0.25) is 0 Å². The van der Waals surface area contributed by atoms with Gasteiger partial charge >= 0.3 is 0 Å². The van der Waals surface area contributed by atoms with E-state index in [1.54, 1.807) is 0 Å². The van der Waals surface area contributed by atoms with Crippen molar-refractivity contribution >= 4 is 0 Å². The van der Waals surface area contributed by atoms with E-state index in [0.29, 0.717) is 5.92 Å². The Labute approximate surface area is 98.3 Å². The number of hydrogen-bond acceptors (Lipinski definition) is 2. The predicted molar refractivity (Wildman–Crippen MR) is 66.1 cm³/mol. The molecule has 3 nitrogen and oxygen atoms in total. The maximum absolute atomic E-state index is 4.24. The van der Waals surface area contributed by atoms with E-state index in [4.69, 9.17) is 0 Å². The molecule has 0 unspecified atom stereocenters. The van der Waals surface area contributed by atoms with Gasteiger partial charge in [0.15, 0.2) is 0 Å². The number of hydrogen-bond donors (Lipinski definition) is 1. The molecule has 1 heterocycles. The van der Waals surface area contributed by atoms with Crippen LogP contribution in [0.25, 0.3) is 0 Å². The maximum Gasteiger partial charge on any atom is 0.0948 e. The molecule has 90 valence electrons. The molecule has 0 aromatic carbocycles. The third-order valence-electron chi connectivity index (χ3n) is 3.13. The molecule has 1 fully saturated rings. The molecule has 0 bridgehead atoms. The summed E-state index contributed by atoms with van der Waals surface area (Å²) in [5.41, 5.74) is 1.32. The monoisotopic (exact) mass is 221 g/mol. The molecular weight excluding hydrogens is 198 g/mol. The van der Waals surface area contributed by atoms with E-state index in [1.165, 1.54) is 25.0 Å². The second kappa shape index (κ2) is 5.48. The minimum atomic E-state index is 0.711. The zero-order chi connectivity index (χ0) is 11.4. The van der Waals surface area contributed by atoms with Crippen molar-refractivity contribution in [2.75, 3.05) is 6.54 Å². The molecule has 0 amide bonds. The molecule has 0 spiro atoms. The second-order valence-electron chi connectivity index (χ2n) is 5.34. The van der Waals surface area contributed by atoms with Gasteiger partial charge in [0, 0.05) is 19.3 Å². The van der Waals surface area contributed by atoms with Crippen LogP contribution in [0.5, 0.6) is 0 Å². The van der Waals surface area contributed by atoms with Crippen LogP contribution in [0.1, 0.15) is 38.8 Å². The van der Waals surface area contributed by atoms with E-state index < -0.39 is 0 Å². The third-order valence-corrected chi connectivity index (χ3v) is 3.13. The van der Waals surface area contributed by atoms with Crippen molar-refractivity contribution in [3.05, 3.63) is 18.2 Å². The van der Waals surface area contributed by atoms with Crippen molar-refractivity contribution in [2.45, 2.75) is 46.2 Å². The fourth-order valence-corrected chi connectivity index (χ4v) is 1.91. The summed E-state index contributed by atoms with van der Waals surface area (Å²) in [5, 5.41) is 3.47. The molecule has 0 aliphatic heterocycles. The SMILES string of the molecule is CC(C)CNCc1cncn1CCC1CC1. The molecule has 1 aromatic heterocycles. The summed E-state index contributed by atoms with van der Waals surface area (Å²) in [4.78, 5) is 4.24. The van der Waals surface area contributed by atoms with Crippen molar-refractivity contribution in [2.24, 2.45) is 11.8 Å². The molecule has 2 rings (SSSR count). The van der Waals surface area contributed by atoms with Crippen molar-refractivity contribution in [3.63, 3.8) is 0 Å². The zero-order valence-corrected chi connectivity index (χ0v) is 10.4. The molecule has 1 aliphatic carbocycles. The smallest absolute Gasteiger partial charge is 0.0948 e. The molecule has 16 heavy (non-hydrogen) atoms. The highest BCUT2D eigenvalue weighted by Crippen LogP contribution is 2.32. The van der Waals surface area contributed by atoms with Crippen molar-refractivity contribution in [3.8, 4) is 0 Å². The van der Waals surface area contributed by atoms with Gasteiger partial charge in [0.1, 0.15) is 0 Å². The lowest BCUT2D eigenvalue weighted by Gasteiger charge is -2.10. The van der Waals surface area contributed by atoms with Gasteiger partial charge in [-0.2, -0.15) is 0 Å². The summed E-state index contributed by atoms with van der Waals surface area (Å²) in [6.07, 6.45) is 8.16. The number of nitrogens with zero attached hydrogens (tertiary/aromatic N) is 2. The predicted octanol–water partition coefficient (Wildman–Crippen LogP) is 2.43. The van der Waals surface area contributed by atoms with Crippen LogP contribution in [0.3, 0.4) is 0 Å². The molecule has 1 aliphatic rings. The van der Waals surface area contributed by atoms with Crippen LogP contribution >= 0.6 is 0 Å². The Morgan fingerprint density at radius 1 is 1.50 bits per heavy atom. The molecule has 1 saturated carbocycles. The minimum Gasteiger partial charge on any atom is -0.333 e. The van der Waals surface area contributed by atoms with E-state index in [9.17, 15) is 0 Å².